The van der Waals surface area contributed by atoms with Crippen LogP contribution in [-0.2, 0) is 14.3 Å². The van der Waals surface area contributed by atoms with Gasteiger partial charge >= 0.3 is 5.97 Å². The number of ether oxygens (including phenoxy) is 1. The van der Waals surface area contributed by atoms with Crippen molar-refractivity contribution in [1.82, 2.24) is 5.32 Å². The van der Waals surface area contributed by atoms with Crippen molar-refractivity contribution in [3.8, 4) is 0 Å². The predicted octanol–water partition coefficient (Wildman–Crippen LogP) is 1.54. The normalized spacial score (nSPS) is 26.1. The van der Waals surface area contributed by atoms with Gasteiger partial charge in [0.15, 0.2) is 0 Å². The summed E-state index contributed by atoms with van der Waals surface area (Å²) in [6.45, 7) is 3.55. The van der Waals surface area contributed by atoms with E-state index in [1.54, 1.807) is 0 Å². The molecule has 0 heterocycles. The number of carbonyl (C=O) groups is 2. The van der Waals surface area contributed by atoms with Crippen LogP contribution in [0.4, 0.5) is 0 Å². The maximum atomic E-state index is 11.8. The maximum absolute atomic E-state index is 11.8. The highest BCUT2D eigenvalue weighted by atomic mass is 32.1. The van der Waals surface area contributed by atoms with Crippen molar-refractivity contribution < 1.29 is 14.3 Å². The summed E-state index contributed by atoms with van der Waals surface area (Å²) in [5.74, 6) is 0.268. The van der Waals surface area contributed by atoms with E-state index < -0.39 is 6.04 Å². The van der Waals surface area contributed by atoms with Gasteiger partial charge in [-0.3, -0.25) is 4.79 Å². The molecule has 1 rings (SSSR count). The maximum Gasteiger partial charge on any atom is 0.329 e. The number of thiol groups is 1. The third-order valence-corrected chi connectivity index (χ3v) is 3.38. The van der Waals surface area contributed by atoms with Gasteiger partial charge in [0, 0.05) is 12.7 Å². The summed E-state index contributed by atoms with van der Waals surface area (Å²) < 4.78 is 5.41. The van der Waals surface area contributed by atoms with Crippen molar-refractivity contribution in [2.24, 2.45) is 5.92 Å². The Morgan fingerprint density at radius 2 is 2.18 bits per heavy atom. The lowest BCUT2D eigenvalue weighted by atomic mass is 9.89. The van der Waals surface area contributed by atoms with Gasteiger partial charge in [-0.1, -0.05) is 13.3 Å². The zero-order chi connectivity index (χ0) is 12.8. The van der Waals surface area contributed by atoms with E-state index in [0.717, 1.165) is 19.3 Å². The van der Waals surface area contributed by atoms with Gasteiger partial charge < -0.3 is 10.1 Å². The number of carbonyl (C=O) groups excluding carboxylic acids is 2. The summed E-state index contributed by atoms with van der Waals surface area (Å²) in [4.78, 5) is 22.7. The molecule has 0 aromatic carbocycles. The monoisotopic (exact) mass is 259 g/mol. The molecule has 3 atom stereocenters. The molecule has 98 valence electrons. The Kier molecular flexibility index (Phi) is 5.82. The van der Waals surface area contributed by atoms with Gasteiger partial charge in [-0.15, -0.1) is 0 Å². The van der Waals surface area contributed by atoms with E-state index in [4.69, 9.17) is 4.74 Å². The van der Waals surface area contributed by atoms with E-state index in [-0.39, 0.29) is 23.7 Å². The van der Waals surface area contributed by atoms with Gasteiger partial charge in [-0.2, -0.15) is 12.6 Å². The van der Waals surface area contributed by atoms with Crippen molar-refractivity contribution >= 4 is 24.5 Å². The number of hydrogen-bond acceptors (Lipinski definition) is 4. The van der Waals surface area contributed by atoms with Gasteiger partial charge in [-0.05, 0) is 25.2 Å². The van der Waals surface area contributed by atoms with E-state index in [1.165, 1.54) is 13.3 Å². The van der Waals surface area contributed by atoms with Crippen LogP contribution in [0.15, 0.2) is 0 Å². The molecule has 2 unspecified atom stereocenters. The first-order valence-electron chi connectivity index (χ1n) is 6.11. The first kappa shape index (κ1) is 14.4. The topological polar surface area (TPSA) is 55.4 Å². The first-order chi connectivity index (χ1) is 8.02. The fraction of sp³-hybridized carbons (Fsp3) is 0.833. The molecule has 5 heteroatoms. The fourth-order valence-corrected chi connectivity index (χ4v) is 2.40. The van der Waals surface area contributed by atoms with E-state index in [1.807, 2.05) is 0 Å². The van der Waals surface area contributed by atoms with Crippen molar-refractivity contribution in [3.05, 3.63) is 0 Å². The van der Waals surface area contributed by atoms with Crippen LogP contribution in [0.25, 0.3) is 0 Å². The van der Waals surface area contributed by atoms with E-state index >= 15 is 0 Å². The summed E-state index contributed by atoms with van der Waals surface area (Å²) in [5.41, 5.74) is 0. The molecule has 0 aromatic rings. The number of hydrogen-bond donors (Lipinski definition) is 2. The van der Waals surface area contributed by atoms with Crippen molar-refractivity contribution in [1.29, 1.82) is 0 Å². The molecule has 1 saturated carbocycles. The molecular weight excluding hydrogens is 238 g/mol. The predicted molar refractivity (Wildman–Crippen MR) is 69.0 cm³/mol. The summed E-state index contributed by atoms with van der Waals surface area (Å²) >= 11 is 4.05. The van der Waals surface area contributed by atoms with Crippen LogP contribution >= 0.6 is 12.6 Å². The molecule has 0 saturated heterocycles. The van der Waals surface area contributed by atoms with Crippen molar-refractivity contribution in [3.63, 3.8) is 0 Å². The minimum atomic E-state index is -0.631. The second kappa shape index (κ2) is 6.89. The lowest BCUT2D eigenvalue weighted by Gasteiger charge is -2.28. The smallest absolute Gasteiger partial charge is 0.329 e. The molecular formula is C12H21NO3S. The van der Waals surface area contributed by atoms with Crippen LogP contribution < -0.4 is 5.32 Å². The van der Waals surface area contributed by atoms with Crippen molar-refractivity contribution in [2.75, 3.05) is 5.75 Å². The number of esters is 1. The Hall–Kier alpha value is -0.710. The third-order valence-electron chi connectivity index (χ3n) is 3.02. The van der Waals surface area contributed by atoms with Gasteiger partial charge in [0.05, 0.1) is 0 Å². The van der Waals surface area contributed by atoms with Crippen LogP contribution in [0.5, 0.6) is 0 Å². The zero-order valence-corrected chi connectivity index (χ0v) is 11.3. The van der Waals surface area contributed by atoms with Crippen LogP contribution in [0.2, 0.25) is 0 Å². The highest BCUT2D eigenvalue weighted by Crippen LogP contribution is 2.25. The highest BCUT2D eigenvalue weighted by Gasteiger charge is 2.26. The molecule has 1 aliphatic carbocycles. The minimum absolute atomic E-state index is 0.00221. The third kappa shape index (κ3) is 4.98. The molecule has 0 aliphatic heterocycles. The van der Waals surface area contributed by atoms with Gasteiger partial charge in [-0.25, -0.2) is 4.79 Å². The summed E-state index contributed by atoms with van der Waals surface area (Å²) in [6.07, 6.45) is 4.16. The standard InChI is InChI=1S/C12H21NO3S/c1-8-4-3-5-10(6-8)16-12(15)11(7-17)13-9(2)14/h8,10-11,17H,3-7H2,1-2H3,(H,13,14)/t8?,10?,11-/m0/s1. The van der Waals surface area contributed by atoms with E-state index in [0.29, 0.717) is 5.92 Å². The molecule has 4 nitrogen and oxygen atoms in total. The van der Waals surface area contributed by atoms with E-state index in [2.05, 4.69) is 24.9 Å². The number of amides is 1. The summed E-state index contributed by atoms with van der Waals surface area (Å²) in [6, 6.07) is -0.631. The Morgan fingerprint density at radius 1 is 1.47 bits per heavy atom. The molecule has 0 aromatic heterocycles. The van der Waals surface area contributed by atoms with Gasteiger partial charge in [0.2, 0.25) is 5.91 Å². The average Bonchev–Trinajstić information content (AvgIpc) is 2.25. The first-order valence-corrected chi connectivity index (χ1v) is 6.74. The summed E-state index contributed by atoms with van der Waals surface area (Å²) in [7, 11) is 0. The van der Waals surface area contributed by atoms with Crippen LogP contribution in [0.1, 0.15) is 39.5 Å². The van der Waals surface area contributed by atoms with Gasteiger partial charge in [0.1, 0.15) is 12.1 Å². The second-order valence-corrected chi connectivity index (χ2v) is 5.13. The summed E-state index contributed by atoms with van der Waals surface area (Å²) in [5, 5.41) is 2.54. The molecule has 0 radical (unpaired) electrons. The van der Waals surface area contributed by atoms with Crippen LogP contribution in [0.3, 0.4) is 0 Å². The molecule has 0 bridgehead atoms. The Bertz CT molecular complexity index is 283. The molecule has 17 heavy (non-hydrogen) atoms. The lowest BCUT2D eigenvalue weighted by Crippen LogP contribution is -2.43. The SMILES string of the molecule is CC(=O)N[C@@H](CS)C(=O)OC1CCCC(C)C1. The van der Waals surface area contributed by atoms with E-state index in [9.17, 15) is 9.59 Å². The molecule has 1 fully saturated rings. The van der Waals surface area contributed by atoms with Crippen LogP contribution in [-0.4, -0.2) is 29.8 Å². The number of nitrogens with one attached hydrogen (secondary N) is 1. The molecule has 1 aliphatic rings. The largest absolute Gasteiger partial charge is 0.461 e. The van der Waals surface area contributed by atoms with Crippen molar-refractivity contribution in [2.45, 2.75) is 51.7 Å². The minimum Gasteiger partial charge on any atom is -0.461 e. The average molecular weight is 259 g/mol. The highest BCUT2D eigenvalue weighted by molar-refractivity contribution is 7.80. The quantitative estimate of drug-likeness (QED) is 0.595. The Morgan fingerprint density at radius 3 is 2.71 bits per heavy atom. The van der Waals surface area contributed by atoms with Gasteiger partial charge in [0.25, 0.3) is 0 Å². The second-order valence-electron chi connectivity index (χ2n) is 4.77. The number of rotatable bonds is 4. The molecule has 1 amide bonds. The fourth-order valence-electron chi connectivity index (χ4n) is 2.16. The Balaban J connectivity index is 2.43. The van der Waals surface area contributed by atoms with Crippen LogP contribution in [0, 0.1) is 5.92 Å². The molecule has 1 N–H and O–H groups in total. The lowest BCUT2D eigenvalue weighted by molar-refractivity contribution is -0.154. The molecule has 0 spiro atoms. The zero-order valence-electron chi connectivity index (χ0n) is 10.4. The Labute approximate surface area is 108 Å².